The molecule has 0 radical (unpaired) electrons. The van der Waals surface area contributed by atoms with Crippen molar-refractivity contribution >= 4 is 11.6 Å². The van der Waals surface area contributed by atoms with Gasteiger partial charge in [-0.1, -0.05) is 0 Å². The van der Waals surface area contributed by atoms with Gasteiger partial charge in [0.25, 0.3) is 11.6 Å². The summed E-state index contributed by atoms with van der Waals surface area (Å²) in [6.07, 6.45) is 4.99. The molecule has 24 heavy (non-hydrogen) atoms. The lowest BCUT2D eigenvalue weighted by molar-refractivity contribution is -0.384. The Morgan fingerprint density at radius 1 is 1.29 bits per heavy atom. The van der Waals surface area contributed by atoms with Gasteiger partial charge in [0.05, 0.1) is 11.2 Å². The number of nitro benzene ring substituents is 1. The summed E-state index contributed by atoms with van der Waals surface area (Å²) in [7, 11) is 0. The molecule has 2 heterocycles. The first-order chi connectivity index (χ1) is 11.6. The average molecular weight is 326 g/mol. The number of carbonyl (C=O) groups is 1. The molecular formula is C16H14N4O4. The summed E-state index contributed by atoms with van der Waals surface area (Å²) in [6.45, 7) is 0.269. The molecule has 0 aliphatic rings. The summed E-state index contributed by atoms with van der Waals surface area (Å²) in [5.41, 5.74) is 0.288. The molecule has 0 aliphatic carbocycles. The van der Waals surface area contributed by atoms with E-state index in [9.17, 15) is 14.9 Å². The topological polar surface area (TPSA) is 103 Å². The number of nitrogens with zero attached hydrogens (tertiary/aromatic N) is 3. The molecule has 1 amide bonds. The van der Waals surface area contributed by atoms with Crippen molar-refractivity contribution in [2.24, 2.45) is 0 Å². The molecule has 0 bridgehead atoms. The highest BCUT2D eigenvalue weighted by Gasteiger charge is 2.18. The fourth-order valence-corrected chi connectivity index (χ4v) is 2.30. The number of amides is 1. The van der Waals surface area contributed by atoms with Gasteiger partial charge in [-0.05, 0) is 30.3 Å². The van der Waals surface area contributed by atoms with E-state index in [4.69, 9.17) is 4.42 Å². The SMILES string of the molecule is O=C(NCC(c1ccco1)n1cccn1)c1ccc([N+](=O)[O-])cc1. The van der Waals surface area contributed by atoms with Crippen LogP contribution in [0, 0.1) is 10.1 Å². The molecule has 1 unspecified atom stereocenters. The summed E-state index contributed by atoms with van der Waals surface area (Å²) in [5, 5.41) is 17.6. The van der Waals surface area contributed by atoms with Crippen molar-refractivity contribution in [2.75, 3.05) is 6.54 Å². The van der Waals surface area contributed by atoms with Gasteiger partial charge in [-0.25, -0.2) is 0 Å². The molecule has 0 saturated carbocycles. The molecule has 1 atom stereocenters. The van der Waals surface area contributed by atoms with Crippen LogP contribution in [0.15, 0.2) is 65.5 Å². The van der Waals surface area contributed by atoms with Crippen LogP contribution in [0.25, 0.3) is 0 Å². The first kappa shape index (κ1) is 15.5. The van der Waals surface area contributed by atoms with E-state index in [2.05, 4.69) is 10.4 Å². The molecule has 8 nitrogen and oxygen atoms in total. The third-order valence-corrected chi connectivity index (χ3v) is 3.51. The van der Waals surface area contributed by atoms with Crippen LogP contribution in [0.5, 0.6) is 0 Å². The Morgan fingerprint density at radius 2 is 2.08 bits per heavy atom. The van der Waals surface area contributed by atoms with E-state index in [1.165, 1.54) is 24.3 Å². The Hall–Kier alpha value is -3.42. The highest BCUT2D eigenvalue weighted by molar-refractivity contribution is 5.94. The van der Waals surface area contributed by atoms with Gasteiger partial charge in [-0.3, -0.25) is 19.6 Å². The maximum atomic E-state index is 12.2. The number of non-ortho nitro benzene ring substituents is 1. The standard InChI is InChI=1S/C16H14N4O4/c21-16(12-4-6-13(7-5-12)20(22)23)17-11-14(15-3-1-10-24-15)19-9-2-8-18-19/h1-10,14H,11H2,(H,17,21). The Morgan fingerprint density at radius 3 is 2.67 bits per heavy atom. The largest absolute Gasteiger partial charge is 0.467 e. The number of rotatable bonds is 6. The fourth-order valence-electron chi connectivity index (χ4n) is 2.30. The van der Waals surface area contributed by atoms with Crippen LogP contribution in [-0.2, 0) is 0 Å². The molecule has 122 valence electrons. The lowest BCUT2D eigenvalue weighted by Crippen LogP contribution is -2.31. The zero-order valence-electron chi connectivity index (χ0n) is 12.5. The summed E-state index contributed by atoms with van der Waals surface area (Å²) in [6, 6.07) is 10.5. The fraction of sp³-hybridized carbons (Fsp3) is 0.125. The molecule has 2 aromatic heterocycles. The van der Waals surface area contributed by atoms with Crippen LogP contribution in [-0.4, -0.2) is 27.2 Å². The number of nitro groups is 1. The number of hydrogen-bond donors (Lipinski definition) is 1. The lowest BCUT2D eigenvalue weighted by atomic mass is 10.1. The number of carbonyl (C=O) groups excluding carboxylic acids is 1. The van der Waals surface area contributed by atoms with E-state index in [0.717, 1.165) is 0 Å². The second-order valence-electron chi connectivity index (χ2n) is 5.03. The Kier molecular flexibility index (Phi) is 4.37. The third kappa shape index (κ3) is 3.32. The molecule has 0 saturated heterocycles. The zero-order chi connectivity index (χ0) is 16.9. The highest BCUT2D eigenvalue weighted by atomic mass is 16.6. The smallest absolute Gasteiger partial charge is 0.269 e. The summed E-state index contributed by atoms with van der Waals surface area (Å²) in [4.78, 5) is 22.4. The molecule has 0 spiro atoms. The van der Waals surface area contributed by atoms with E-state index in [1.54, 1.807) is 35.5 Å². The van der Waals surface area contributed by atoms with Crippen LogP contribution >= 0.6 is 0 Å². The second kappa shape index (κ2) is 6.78. The molecular weight excluding hydrogens is 312 g/mol. The summed E-state index contributed by atoms with van der Waals surface area (Å²) >= 11 is 0. The first-order valence-electron chi connectivity index (χ1n) is 7.20. The first-order valence-corrected chi connectivity index (χ1v) is 7.20. The van der Waals surface area contributed by atoms with Gasteiger partial charge < -0.3 is 9.73 Å². The van der Waals surface area contributed by atoms with Gasteiger partial charge >= 0.3 is 0 Å². The molecule has 3 aromatic rings. The van der Waals surface area contributed by atoms with Gasteiger partial charge in [0.1, 0.15) is 11.8 Å². The van der Waals surface area contributed by atoms with Crippen molar-refractivity contribution in [2.45, 2.75) is 6.04 Å². The number of furan rings is 1. The van der Waals surface area contributed by atoms with Crippen LogP contribution in [0.4, 0.5) is 5.69 Å². The Bertz CT molecular complexity index is 776. The normalized spacial score (nSPS) is 11.8. The minimum atomic E-state index is -0.508. The monoisotopic (exact) mass is 326 g/mol. The summed E-state index contributed by atoms with van der Waals surface area (Å²) < 4.78 is 7.10. The van der Waals surface area contributed by atoms with Crippen LogP contribution in [0.1, 0.15) is 22.2 Å². The maximum absolute atomic E-state index is 12.2. The third-order valence-electron chi connectivity index (χ3n) is 3.51. The predicted molar refractivity (Wildman–Crippen MR) is 84.5 cm³/mol. The van der Waals surface area contributed by atoms with Crippen molar-refractivity contribution in [1.82, 2.24) is 15.1 Å². The maximum Gasteiger partial charge on any atom is 0.269 e. The van der Waals surface area contributed by atoms with Crippen molar-refractivity contribution in [1.29, 1.82) is 0 Å². The van der Waals surface area contributed by atoms with Crippen molar-refractivity contribution in [3.8, 4) is 0 Å². The minimum Gasteiger partial charge on any atom is -0.467 e. The quantitative estimate of drug-likeness (QED) is 0.553. The van der Waals surface area contributed by atoms with Gasteiger partial charge in [0, 0.05) is 36.6 Å². The Labute approximate surface area is 136 Å². The highest BCUT2D eigenvalue weighted by Crippen LogP contribution is 2.17. The van der Waals surface area contributed by atoms with Gasteiger partial charge in [0.15, 0.2) is 0 Å². The molecule has 0 fully saturated rings. The zero-order valence-corrected chi connectivity index (χ0v) is 12.5. The van der Waals surface area contributed by atoms with Gasteiger partial charge in [-0.15, -0.1) is 0 Å². The Balaban J connectivity index is 1.70. The van der Waals surface area contributed by atoms with Crippen molar-refractivity contribution in [3.63, 3.8) is 0 Å². The number of benzene rings is 1. The average Bonchev–Trinajstić information content (AvgIpc) is 3.29. The van der Waals surface area contributed by atoms with Crippen molar-refractivity contribution < 1.29 is 14.1 Å². The van der Waals surface area contributed by atoms with E-state index in [1.807, 2.05) is 6.07 Å². The van der Waals surface area contributed by atoms with E-state index in [0.29, 0.717) is 11.3 Å². The number of aromatic nitrogens is 2. The lowest BCUT2D eigenvalue weighted by Gasteiger charge is -2.16. The molecule has 1 N–H and O–H groups in total. The van der Waals surface area contributed by atoms with E-state index in [-0.39, 0.29) is 24.2 Å². The van der Waals surface area contributed by atoms with Crippen LogP contribution in [0.2, 0.25) is 0 Å². The van der Waals surface area contributed by atoms with Crippen LogP contribution < -0.4 is 5.32 Å². The number of nitrogens with one attached hydrogen (secondary N) is 1. The second-order valence-corrected chi connectivity index (χ2v) is 5.03. The molecule has 3 rings (SSSR count). The summed E-state index contributed by atoms with van der Waals surface area (Å²) in [5.74, 6) is 0.344. The van der Waals surface area contributed by atoms with E-state index < -0.39 is 4.92 Å². The van der Waals surface area contributed by atoms with Crippen LogP contribution in [0.3, 0.4) is 0 Å². The van der Waals surface area contributed by atoms with Gasteiger partial charge in [0.2, 0.25) is 0 Å². The predicted octanol–water partition coefficient (Wildman–Crippen LogP) is 2.40. The molecule has 8 heteroatoms. The van der Waals surface area contributed by atoms with E-state index >= 15 is 0 Å². The molecule has 0 aliphatic heterocycles. The van der Waals surface area contributed by atoms with Gasteiger partial charge in [-0.2, -0.15) is 5.10 Å². The van der Waals surface area contributed by atoms with Crippen molar-refractivity contribution in [3.05, 3.63) is 82.6 Å². The minimum absolute atomic E-state index is 0.0587. The molecule has 1 aromatic carbocycles. The number of hydrogen-bond acceptors (Lipinski definition) is 5.